The van der Waals surface area contributed by atoms with Crippen LogP contribution in [0.5, 0.6) is 5.88 Å². The number of alkyl halides is 1. The van der Waals surface area contributed by atoms with Crippen LogP contribution < -0.4 is 4.74 Å². The number of pyridine rings is 1. The molecule has 0 aromatic carbocycles. The van der Waals surface area contributed by atoms with E-state index in [1.165, 1.54) is 6.20 Å². The maximum absolute atomic E-state index is 13.2. The molecule has 1 aromatic rings. The number of ether oxygens (including phenoxy) is 1. The second kappa shape index (κ2) is 7.26. The lowest BCUT2D eigenvalue weighted by molar-refractivity contribution is 0.224. The highest BCUT2D eigenvalue weighted by molar-refractivity contribution is 5.32. The standard InChI is InChI=1S/C13H20F2N2O/c1-10-11(2)13(16-9-12(10)15)18-8-7-17(3)6-4-5-14/h9H,4-8H2,1-3H3. The van der Waals surface area contributed by atoms with Crippen LogP contribution >= 0.6 is 0 Å². The van der Waals surface area contributed by atoms with Crippen LogP contribution in [0.1, 0.15) is 17.5 Å². The van der Waals surface area contributed by atoms with Gasteiger partial charge in [0.25, 0.3) is 0 Å². The van der Waals surface area contributed by atoms with E-state index in [1.54, 1.807) is 13.8 Å². The van der Waals surface area contributed by atoms with Crippen LogP contribution in [0, 0.1) is 19.7 Å². The largest absolute Gasteiger partial charge is 0.476 e. The zero-order valence-electron chi connectivity index (χ0n) is 11.2. The second-order valence-electron chi connectivity index (χ2n) is 4.36. The lowest BCUT2D eigenvalue weighted by atomic mass is 10.2. The van der Waals surface area contributed by atoms with Crippen molar-refractivity contribution in [3.05, 3.63) is 23.1 Å². The van der Waals surface area contributed by atoms with Gasteiger partial charge < -0.3 is 9.64 Å². The Balaban J connectivity index is 2.42. The topological polar surface area (TPSA) is 25.4 Å². The smallest absolute Gasteiger partial charge is 0.216 e. The summed E-state index contributed by atoms with van der Waals surface area (Å²) in [6.07, 6.45) is 1.70. The van der Waals surface area contributed by atoms with E-state index >= 15 is 0 Å². The van der Waals surface area contributed by atoms with Crippen molar-refractivity contribution in [1.82, 2.24) is 9.88 Å². The Morgan fingerprint density at radius 3 is 2.67 bits per heavy atom. The number of halogens is 2. The summed E-state index contributed by atoms with van der Waals surface area (Å²) in [7, 11) is 1.91. The molecule has 0 aliphatic rings. The van der Waals surface area contributed by atoms with Gasteiger partial charge in [-0.2, -0.15) is 0 Å². The first-order valence-electron chi connectivity index (χ1n) is 6.05. The fourth-order valence-corrected chi connectivity index (χ4v) is 1.53. The Morgan fingerprint density at radius 1 is 1.28 bits per heavy atom. The fraction of sp³-hybridized carbons (Fsp3) is 0.615. The summed E-state index contributed by atoms with van der Waals surface area (Å²) in [5.74, 6) is 0.146. The van der Waals surface area contributed by atoms with Gasteiger partial charge >= 0.3 is 0 Å². The maximum Gasteiger partial charge on any atom is 0.216 e. The van der Waals surface area contributed by atoms with Gasteiger partial charge in [0.05, 0.1) is 12.9 Å². The number of hydrogen-bond acceptors (Lipinski definition) is 3. The van der Waals surface area contributed by atoms with E-state index in [0.29, 0.717) is 37.6 Å². The molecule has 0 N–H and O–H groups in total. The van der Waals surface area contributed by atoms with Crippen LogP contribution in [0.3, 0.4) is 0 Å². The highest BCUT2D eigenvalue weighted by Crippen LogP contribution is 2.19. The molecular formula is C13H20F2N2O. The molecule has 0 atom stereocenters. The van der Waals surface area contributed by atoms with Crippen LogP contribution in [0.15, 0.2) is 6.20 Å². The van der Waals surface area contributed by atoms with Crippen LogP contribution in [-0.4, -0.2) is 43.3 Å². The molecule has 5 heteroatoms. The molecule has 0 saturated heterocycles. The van der Waals surface area contributed by atoms with Gasteiger partial charge in [-0.3, -0.25) is 4.39 Å². The summed E-state index contributed by atoms with van der Waals surface area (Å²) < 4.78 is 30.7. The summed E-state index contributed by atoms with van der Waals surface area (Å²) in [5, 5.41) is 0. The van der Waals surface area contributed by atoms with Gasteiger partial charge in [-0.1, -0.05) is 0 Å². The van der Waals surface area contributed by atoms with Crippen molar-refractivity contribution in [3.63, 3.8) is 0 Å². The molecule has 0 amide bonds. The summed E-state index contributed by atoms with van der Waals surface area (Å²) in [5.41, 5.74) is 1.28. The van der Waals surface area contributed by atoms with E-state index in [2.05, 4.69) is 4.98 Å². The molecule has 3 nitrogen and oxygen atoms in total. The van der Waals surface area contributed by atoms with Gasteiger partial charge in [0.2, 0.25) is 5.88 Å². The molecule has 0 unspecified atom stereocenters. The van der Waals surface area contributed by atoms with Crippen molar-refractivity contribution in [2.45, 2.75) is 20.3 Å². The molecule has 0 saturated carbocycles. The average molecular weight is 258 g/mol. The number of rotatable bonds is 7. The van der Waals surface area contributed by atoms with E-state index in [-0.39, 0.29) is 12.5 Å². The van der Waals surface area contributed by atoms with Crippen molar-refractivity contribution in [1.29, 1.82) is 0 Å². The van der Waals surface area contributed by atoms with E-state index in [9.17, 15) is 8.78 Å². The first-order chi connectivity index (χ1) is 8.56. The molecular weight excluding hydrogens is 238 g/mol. The van der Waals surface area contributed by atoms with E-state index in [4.69, 9.17) is 4.74 Å². The Hall–Kier alpha value is -1.23. The van der Waals surface area contributed by atoms with Crippen LogP contribution in [-0.2, 0) is 0 Å². The number of likely N-dealkylation sites (N-methyl/N-ethyl adjacent to an activating group) is 1. The van der Waals surface area contributed by atoms with Gasteiger partial charge in [0.15, 0.2) is 0 Å². The Labute approximate surface area is 107 Å². The predicted molar refractivity (Wildman–Crippen MR) is 67.3 cm³/mol. The van der Waals surface area contributed by atoms with Crippen LogP contribution in [0.4, 0.5) is 8.78 Å². The summed E-state index contributed by atoms with van der Waals surface area (Å²) >= 11 is 0. The minimum atomic E-state index is -0.320. The third-order valence-corrected chi connectivity index (χ3v) is 2.92. The maximum atomic E-state index is 13.2. The minimum absolute atomic E-state index is 0.303. The lowest BCUT2D eigenvalue weighted by Gasteiger charge is -2.16. The minimum Gasteiger partial charge on any atom is -0.476 e. The molecule has 0 radical (unpaired) electrons. The zero-order chi connectivity index (χ0) is 13.5. The first kappa shape index (κ1) is 14.8. The second-order valence-corrected chi connectivity index (χ2v) is 4.36. The molecule has 102 valence electrons. The normalized spacial score (nSPS) is 11.0. The summed E-state index contributed by atoms with van der Waals surface area (Å²) in [4.78, 5) is 5.91. The van der Waals surface area contributed by atoms with Crippen molar-refractivity contribution in [2.24, 2.45) is 0 Å². The zero-order valence-corrected chi connectivity index (χ0v) is 11.2. The monoisotopic (exact) mass is 258 g/mol. The summed E-state index contributed by atoms with van der Waals surface area (Å²) in [6, 6.07) is 0. The molecule has 1 rings (SSSR count). The average Bonchev–Trinajstić information content (AvgIpc) is 2.36. The SMILES string of the molecule is Cc1c(F)cnc(OCCN(C)CCCF)c1C. The molecule has 0 spiro atoms. The summed E-state index contributed by atoms with van der Waals surface area (Å²) in [6.45, 7) is 5.04. The van der Waals surface area contributed by atoms with E-state index in [0.717, 1.165) is 5.56 Å². The predicted octanol–water partition coefficient (Wildman–Crippen LogP) is 2.51. The van der Waals surface area contributed by atoms with Crippen LogP contribution in [0.25, 0.3) is 0 Å². The van der Waals surface area contributed by atoms with Crippen molar-refractivity contribution in [3.8, 4) is 5.88 Å². The molecule has 1 heterocycles. The highest BCUT2D eigenvalue weighted by Gasteiger charge is 2.08. The third-order valence-electron chi connectivity index (χ3n) is 2.92. The van der Waals surface area contributed by atoms with Gasteiger partial charge in [0.1, 0.15) is 12.4 Å². The fourth-order valence-electron chi connectivity index (χ4n) is 1.53. The first-order valence-corrected chi connectivity index (χ1v) is 6.05. The quantitative estimate of drug-likeness (QED) is 0.751. The number of nitrogens with zero attached hydrogens (tertiary/aromatic N) is 2. The number of hydrogen-bond donors (Lipinski definition) is 0. The third kappa shape index (κ3) is 4.22. The van der Waals surface area contributed by atoms with Crippen molar-refractivity contribution < 1.29 is 13.5 Å². The Bertz CT molecular complexity index is 385. The molecule has 0 fully saturated rings. The van der Waals surface area contributed by atoms with E-state index < -0.39 is 0 Å². The van der Waals surface area contributed by atoms with Crippen LogP contribution in [0.2, 0.25) is 0 Å². The van der Waals surface area contributed by atoms with Gasteiger partial charge in [-0.15, -0.1) is 0 Å². The van der Waals surface area contributed by atoms with Crippen molar-refractivity contribution >= 4 is 0 Å². The Morgan fingerprint density at radius 2 is 2.00 bits per heavy atom. The van der Waals surface area contributed by atoms with Crippen molar-refractivity contribution in [2.75, 3.05) is 33.4 Å². The lowest BCUT2D eigenvalue weighted by Crippen LogP contribution is -2.25. The van der Waals surface area contributed by atoms with E-state index in [1.807, 2.05) is 11.9 Å². The van der Waals surface area contributed by atoms with Gasteiger partial charge in [-0.05, 0) is 32.9 Å². The molecule has 0 aliphatic heterocycles. The molecule has 1 aromatic heterocycles. The van der Waals surface area contributed by atoms with Gasteiger partial charge in [-0.25, -0.2) is 9.37 Å². The Kier molecular flexibility index (Phi) is 5.98. The number of aromatic nitrogens is 1. The molecule has 18 heavy (non-hydrogen) atoms. The molecule has 0 bridgehead atoms. The molecule has 0 aliphatic carbocycles. The van der Waals surface area contributed by atoms with Gasteiger partial charge in [0, 0.05) is 18.7 Å². The highest BCUT2D eigenvalue weighted by atomic mass is 19.1.